The second-order valence-corrected chi connectivity index (χ2v) is 2.15. The third kappa shape index (κ3) is 1.18. The number of aromatic nitrogens is 1. The fraction of sp³-hybridized carbons (Fsp3) is 0.286. The molecule has 0 aliphatic heterocycles. The third-order valence-electron chi connectivity index (χ3n) is 1.32. The molecule has 0 saturated carbocycles. The summed E-state index contributed by atoms with van der Waals surface area (Å²) >= 11 is 0. The molecule has 0 aromatic carbocycles. The van der Waals surface area contributed by atoms with Crippen LogP contribution in [0.5, 0.6) is 0 Å². The number of amides is 1. The van der Waals surface area contributed by atoms with E-state index >= 15 is 0 Å². The minimum absolute atomic E-state index is 0.0515. The summed E-state index contributed by atoms with van der Waals surface area (Å²) in [5.41, 5.74) is 1.68. The van der Waals surface area contributed by atoms with Gasteiger partial charge < -0.3 is 10.3 Å². The van der Waals surface area contributed by atoms with Gasteiger partial charge in [0, 0.05) is 18.9 Å². The molecule has 54 valence electrons. The first-order valence-electron chi connectivity index (χ1n) is 3.11. The van der Waals surface area contributed by atoms with E-state index in [4.69, 9.17) is 0 Å². The predicted molar refractivity (Wildman–Crippen MR) is 38.9 cm³/mol. The molecule has 0 saturated heterocycles. The van der Waals surface area contributed by atoms with Crippen molar-refractivity contribution in [3.63, 3.8) is 0 Å². The lowest BCUT2D eigenvalue weighted by Crippen LogP contribution is -2.16. The quantitative estimate of drug-likeness (QED) is 0.589. The van der Waals surface area contributed by atoms with Crippen LogP contribution in [0.15, 0.2) is 12.3 Å². The second-order valence-electron chi connectivity index (χ2n) is 2.15. The first kappa shape index (κ1) is 6.86. The molecule has 3 nitrogen and oxygen atoms in total. The highest BCUT2D eigenvalue weighted by molar-refractivity contribution is 5.93. The molecule has 0 bridgehead atoms. The van der Waals surface area contributed by atoms with Crippen molar-refractivity contribution in [1.29, 1.82) is 0 Å². The number of H-pyrrole nitrogens is 1. The highest BCUT2D eigenvalue weighted by Gasteiger charge is 2.02. The summed E-state index contributed by atoms with van der Waals surface area (Å²) in [6.07, 6.45) is 1.69. The van der Waals surface area contributed by atoms with Crippen LogP contribution in [0.3, 0.4) is 0 Å². The highest BCUT2D eigenvalue weighted by Crippen LogP contribution is 2.00. The fourth-order valence-corrected chi connectivity index (χ4v) is 0.784. The van der Waals surface area contributed by atoms with Gasteiger partial charge in [-0.3, -0.25) is 4.79 Å². The Bertz CT molecular complexity index is 240. The molecule has 0 aliphatic rings. The van der Waals surface area contributed by atoms with Crippen LogP contribution in [-0.4, -0.2) is 17.9 Å². The summed E-state index contributed by atoms with van der Waals surface area (Å²) in [5, 5.41) is 2.54. The molecule has 0 fully saturated rings. The molecular formula is C7H10N2O. The van der Waals surface area contributed by atoms with Crippen molar-refractivity contribution >= 4 is 5.91 Å². The summed E-state index contributed by atoms with van der Waals surface area (Å²) < 4.78 is 0. The number of hydrogen-bond acceptors (Lipinski definition) is 1. The van der Waals surface area contributed by atoms with Crippen molar-refractivity contribution in [1.82, 2.24) is 10.3 Å². The van der Waals surface area contributed by atoms with Crippen LogP contribution in [0.1, 0.15) is 16.1 Å². The molecule has 0 radical (unpaired) electrons. The van der Waals surface area contributed by atoms with Gasteiger partial charge in [0.25, 0.3) is 5.91 Å². The summed E-state index contributed by atoms with van der Waals surface area (Å²) in [6, 6.07) is 1.80. The second kappa shape index (κ2) is 2.56. The van der Waals surface area contributed by atoms with Crippen molar-refractivity contribution in [3.05, 3.63) is 23.5 Å². The first-order chi connectivity index (χ1) is 4.74. The number of rotatable bonds is 1. The smallest absolute Gasteiger partial charge is 0.252 e. The molecule has 10 heavy (non-hydrogen) atoms. The predicted octanol–water partition coefficient (Wildman–Crippen LogP) is 0.683. The molecule has 0 atom stereocenters. The van der Waals surface area contributed by atoms with E-state index in [1.165, 1.54) is 0 Å². The van der Waals surface area contributed by atoms with E-state index in [0.717, 1.165) is 5.69 Å². The van der Waals surface area contributed by atoms with Crippen LogP contribution in [0.25, 0.3) is 0 Å². The van der Waals surface area contributed by atoms with Gasteiger partial charge >= 0.3 is 0 Å². The number of nitrogens with one attached hydrogen (secondary N) is 2. The number of carbonyl (C=O) groups is 1. The van der Waals surface area contributed by atoms with Crippen LogP contribution < -0.4 is 5.32 Å². The molecule has 0 unspecified atom stereocenters. The molecule has 1 aromatic rings. The summed E-state index contributed by atoms with van der Waals surface area (Å²) in [4.78, 5) is 13.8. The lowest BCUT2D eigenvalue weighted by Gasteiger charge is -1.91. The van der Waals surface area contributed by atoms with Gasteiger partial charge in [-0.25, -0.2) is 0 Å². The number of aryl methyl sites for hydroxylation is 1. The average Bonchev–Trinajstić information content (AvgIpc) is 2.34. The normalized spacial score (nSPS) is 9.40. The van der Waals surface area contributed by atoms with Crippen molar-refractivity contribution < 1.29 is 4.79 Å². The van der Waals surface area contributed by atoms with Crippen LogP contribution in [0.2, 0.25) is 0 Å². The Morgan fingerprint density at radius 1 is 1.70 bits per heavy atom. The van der Waals surface area contributed by atoms with E-state index in [0.29, 0.717) is 5.56 Å². The van der Waals surface area contributed by atoms with E-state index in [1.54, 1.807) is 19.3 Å². The maximum absolute atomic E-state index is 10.9. The van der Waals surface area contributed by atoms with Crippen molar-refractivity contribution in [2.45, 2.75) is 6.92 Å². The Hall–Kier alpha value is -1.25. The van der Waals surface area contributed by atoms with Crippen LogP contribution in [-0.2, 0) is 0 Å². The monoisotopic (exact) mass is 138 g/mol. The van der Waals surface area contributed by atoms with E-state index in [-0.39, 0.29) is 5.91 Å². The van der Waals surface area contributed by atoms with E-state index < -0.39 is 0 Å². The van der Waals surface area contributed by atoms with Gasteiger partial charge in [0.1, 0.15) is 0 Å². The van der Waals surface area contributed by atoms with Gasteiger partial charge in [-0.05, 0) is 13.0 Å². The standard InChI is InChI=1S/C7H10N2O/c1-5-3-6(4-9-5)7(10)8-2/h3-4,9H,1-2H3,(H,8,10). The topological polar surface area (TPSA) is 44.9 Å². The van der Waals surface area contributed by atoms with Gasteiger partial charge in [-0.1, -0.05) is 0 Å². The maximum Gasteiger partial charge on any atom is 0.252 e. The SMILES string of the molecule is CNC(=O)c1c[nH]c(C)c1. The fourth-order valence-electron chi connectivity index (χ4n) is 0.784. The van der Waals surface area contributed by atoms with Gasteiger partial charge in [-0.2, -0.15) is 0 Å². The largest absolute Gasteiger partial charge is 0.364 e. The lowest BCUT2D eigenvalue weighted by molar-refractivity contribution is 0.0963. The minimum Gasteiger partial charge on any atom is -0.364 e. The molecule has 1 rings (SSSR count). The van der Waals surface area contributed by atoms with E-state index in [2.05, 4.69) is 10.3 Å². The molecule has 0 spiro atoms. The molecule has 1 heterocycles. The van der Waals surface area contributed by atoms with Crippen molar-refractivity contribution in [2.75, 3.05) is 7.05 Å². The first-order valence-corrected chi connectivity index (χ1v) is 3.11. The summed E-state index contributed by atoms with van der Waals surface area (Å²) in [5.74, 6) is -0.0515. The maximum atomic E-state index is 10.9. The number of aromatic amines is 1. The van der Waals surface area contributed by atoms with Gasteiger partial charge in [0.05, 0.1) is 5.56 Å². The lowest BCUT2D eigenvalue weighted by atomic mass is 10.3. The molecule has 3 heteroatoms. The Labute approximate surface area is 59.4 Å². The zero-order valence-electron chi connectivity index (χ0n) is 6.06. The minimum atomic E-state index is -0.0515. The Kier molecular flexibility index (Phi) is 1.76. The molecule has 1 aromatic heterocycles. The van der Waals surface area contributed by atoms with Gasteiger partial charge in [0.15, 0.2) is 0 Å². The summed E-state index contributed by atoms with van der Waals surface area (Å²) in [6.45, 7) is 1.91. The average molecular weight is 138 g/mol. The molecule has 2 N–H and O–H groups in total. The van der Waals surface area contributed by atoms with Crippen molar-refractivity contribution in [3.8, 4) is 0 Å². The Balaban J connectivity index is 2.85. The Morgan fingerprint density at radius 3 is 2.80 bits per heavy atom. The van der Waals surface area contributed by atoms with Crippen LogP contribution >= 0.6 is 0 Å². The van der Waals surface area contributed by atoms with Crippen LogP contribution in [0.4, 0.5) is 0 Å². The van der Waals surface area contributed by atoms with Gasteiger partial charge in [-0.15, -0.1) is 0 Å². The van der Waals surface area contributed by atoms with E-state index in [1.807, 2.05) is 6.92 Å². The zero-order valence-corrected chi connectivity index (χ0v) is 6.06. The highest BCUT2D eigenvalue weighted by atomic mass is 16.1. The number of hydrogen-bond donors (Lipinski definition) is 2. The van der Waals surface area contributed by atoms with Gasteiger partial charge in [0.2, 0.25) is 0 Å². The van der Waals surface area contributed by atoms with E-state index in [9.17, 15) is 4.79 Å². The third-order valence-corrected chi connectivity index (χ3v) is 1.32. The Morgan fingerprint density at radius 2 is 2.40 bits per heavy atom. The molecule has 1 amide bonds. The van der Waals surface area contributed by atoms with Crippen molar-refractivity contribution in [2.24, 2.45) is 0 Å². The number of carbonyl (C=O) groups excluding carboxylic acids is 1. The molecule has 0 aliphatic carbocycles. The zero-order chi connectivity index (χ0) is 7.56. The van der Waals surface area contributed by atoms with Crippen LogP contribution in [0, 0.1) is 6.92 Å². The molecular weight excluding hydrogens is 128 g/mol. The summed E-state index contributed by atoms with van der Waals surface area (Å²) in [7, 11) is 1.62.